The summed E-state index contributed by atoms with van der Waals surface area (Å²) in [4.78, 5) is 24.9. The summed E-state index contributed by atoms with van der Waals surface area (Å²) in [6.45, 7) is 12.4. The number of rotatable bonds is 10. The van der Waals surface area contributed by atoms with Gasteiger partial charge in [0.05, 0.1) is 29.9 Å². The van der Waals surface area contributed by atoms with Gasteiger partial charge in [-0.1, -0.05) is 19.1 Å². The van der Waals surface area contributed by atoms with Crippen molar-refractivity contribution in [3.8, 4) is 5.75 Å². The number of hydrogen-bond donors (Lipinski definition) is 1. The van der Waals surface area contributed by atoms with E-state index in [1.54, 1.807) is 38.1 Å². The van der Waals surface area contributed by atoms with Gasteiger partial charge in [-0.05, 0) is 71.9 Å². The molecule has 1 unspecified atom stereocenters. The third kappa shape index (κ3) is 6.47. The molecule has 1 saturated heterocycles. The molecule has 11 heteroatoms. The van der Waals surface area contributed by atoms with Gasteiger partial charge in [0.2, 0.25) is 12.3 Å². The molecule has 1 atom stereocenters. The number of methoxy groups -OCH3 is 1. The van der Waals surface area contributed by atoms with Crippen molar-refractivity contribution in [3.05, 3.63) is 48.0 Å². The topological polar surface area (TPSA) is 89.5 Å². The van der Waals surface area contributed by atoms with Crippen molar-refractivity contribution in [2.45, 2.75) is 72.0 Å². The second-order valence-corrected chi connectivity index (χ2v) is 10.6. The Kier molecular flexibility index (Phi) is 8.87. The maximum Gasteiger partial charge on any atom is 0.498 e. The van der Waals surface area contributed by atoms with Crippen LogP contribution in [0.2, 0.25) is 0 Å². The van der Waals surface area contributed by atoms with Crippen molar-refractivity contribution in [3.63, 3.8) is 0 Å². The van der Waals surface area contributed by atoms with E-state index in [4.69, 9.17) is 14.0 Å². The number of alkyl halides is 2. The molecule has 0 aromatic heterocycles. The van der Waals surface area contributed by atoms with E-state index in [1.807, 2.05) is 27.7 Å². The first-order chi connectivity index (χ1) is 18.2. The molecular formula is C28H36BF2N3O5. The van der Waals surface area contributed by atoms with Gasteiger partial charge in [0, 0.05) is 28.8 Å². The van der Waals surface area contributed by atoms with Crippen LogP contribution in [-0.4, -0.2) is 43.5 Å². The summed E-state index contributed by atoms with van der Waals surface area (Å²) in [7, 11) is 0.798. The standard InChI is InChI=1S/C28H36BF2N3O5/c1-9-28(30,31)20-11-10-12-21(15-20)32-25(36)18(2)19(3)33-34(17-35)22-13-14-24(37-8)23(16-22)29-38-26(4,5)27(6,7)39-29/h10-18H,9H2,1-8H3,(H,32,36)/b33-19-. The highest BCUT2D eigenvalue weighted by molar-refractivity contribution is 6.63. The molecule has 3 rings (SSSR count). The quantitative estimate of drug-likeness (QED) is 0.195. The van der Waals surface area contributed by atoms with E-state index in [0.717, 1.165) is 5.01 Å². The number of nitrogens with one attached hydrogen (secondary N) is 1. The van der Waals surface area contributed by atoms with Crippen molar-refractivity contribution in [1.82, 2.24) is 0 Å². The number of ether oxygens (including phenoxy) is 1. The molecule has 210 valence electrons. The first-order valence-electron chi connectivity index (χ1n) is 12.8. The number of anilines is 2. The van der Waals surface area contributed by atoms with E-state index in [2.05, 4.69) is 10.4 Å². The second-order valence-electron chi connectivity index (χ2n) is 10.6. The Morgan fingerprint density at radius 2 is 1.82 bits per heavy atom. The highest BCUT2D eigenvalue weighted by Gasteiger charge is 2.52. The summed E-state index contributed by atoms with van der Waals surface area (Å²) in [5.41, 5.74) is 0.256. The van der Waals surface area contributed by atoms with Gasteiger partial charge < -0.3 is 19.4 Å². The Bertz CT molecular complexity index is 1240. The first kappa shape index (κ1) is 30.2. The highest BCUT2D eigenvalue weighted by Crippen LogP contribution is 2.37. The Morgan fingerprint density at radius 3 is 2.38 bits per heavy atom. The number of hydrogen-bond acceptors (Lipinski definition) is 6. The van der Waals surface area contributed by atoms with Crippen LogP contribution in [0.5, 0.6) is 5.75 Å². The van der Waals surface area contributed by atoms with Crippen LogP contribution >= 0.6 is 0 Å². The number of carbonyl (C=O) groups is 2. The molecule has 8 nitrogen and oxygen atoms in total. The zero-order chi connectivity index (χ0) is 29.2. The Hall–Kier alpha value is -3.31. The van der Waals surface area contributed by atoms with Crippen LogP contribution in [0.1, 0.15) is 60.5 Å². The smallest absolute Gasteiger partial charge is 0.497 e. The van der Waals surface area contributed by atoms with Crippen LogP contribution in [0, 0.1) is 5.92 Å². The lowest BCUT2D eigenvalue weighted by Crippen LogP contribution is -2.41. The maximum atomic E-state index is 14.1. The van der Waals surface area contributed by atoms with E-state index in [9.17, 15) is 18.4 Å². The van der Waals surface area contributed by atoms with Gasteiger partial charge in [0.1, 0.15) is 5.75 Å². The number of nitrogens with zero attached hydrogens (tertiary/aromatic N) is 2. The van der Waals surface area contributed by atoms with Crippen LogP contribution in [0.3, 0.4) is 0 Å². The van der Waals surface area contributed by atoms with E-state index >= 15 is 0 Å². The fraction of sp³-hybridized carbons (Fsp3) is 0.464. The molecule has 1 heterocycles. The number of carbonyl (C=O) groups excluding carboxylic acids is 2. The number of amides is 2. The average molecular weight is 543 g/mol. The van der Waals surface area contributed by atoms with Gasteiger partial charge in [-0.15, -0.1) is 0 Å². The van der Waals surface area contributed by atoms with Gasteiger partial charge in [0.15, 0.2) is 0 Å². The second kappa shape index (κ2) is 11.4. The normalized spacial score (nSPS) is 17.5. The highest BCUT2D eigenvalue weighted by atomic mass is 19.3. The van der Waals surface area contributed by atoms with E-state index in [-0.39, 0.29) is 17.7 Å². The molecule has 0 bridgehead atoms. The molecular weight excluding hydrogens is 507 g/mol. The number of hydrazone groups is 1. The molecule has 2 amide bonds. The largest absolute Gasteiger partial charge is 0.498 e. The summed E-state index contributed by atoms with van der Waals surface area (Å²) in [5, 5.41) is 8.12. The number of benzene rings is 2. The summed E-state index contributed by atoms with van der Waals surface area (Å²) < 4.78 is 46.0. The van der Waals surface area contributed by atoms with Gasteiger partial charge in [-0.2, -0.15) is 5.10 Å². The van der Waals surface area contributed by atoms with Gasteiger partial charge in [0.25, 0.3) is 5.92 Å². The SMILES string of the molecule is CCC(F)(F)c1cccc(NC(=O)C(C)/C(C)=N\N(C=O)c2ccc(OC)c(B3OC(C)(C)C(C)(C)O3)c2)c1. The summed E-state index contributed by atoms with van der Waals surface area (Å²) >= 11 is 0. The van der Waals surface area contributed by atoms with Crippen molar-refractivity contribution < 1.29 is 32.4 Å². The fourth-order valence-electron chi connectivity index (χ4n) is 3.89. The monoisotopic (exact) mass is 543 g/mol. The minimum absolute atomic E-state index is 0.176. The fourth-order valence-corrected chi connectivity index (χ4v) is 3.89. The predicted octanol–water partition coefficient (Wildman–Crippen LogP) is 5.11. The summed E-state index contributed by atoms with van der Waals surface area (Å²) in [6.07, 6.45) is 0.177. The lowest BCUT2D eigenvalue weighted by molar-refractivity contribution is -0.117. The summed E-state index contributed by atoms with van der Waals surface area (Å²) in [5.74, 6) is -3.69. The molecule has 1 aliphatic heterocycles. The minimum atomic E-state index is -2.99. The van der Waals surface area contributed by atoms with Crippen molar-refractivity contribution >= 4 is 42.0 Å². The maximum absolute atomic E-state index is 14.1. The molecule has 1 aliphatic rings. The van der Waals surface area contributed by atoms with Crippen LogP contribution < -0.4 is 20.5 Å². The lowest BCUT2D eigenvalue weighted by atomic mass is 9.78. The van der Waals surface area contributed by atoms with E-state index in [0.29, 0.717) is 29.0 Å². The van der Waals surface area contributed by atoms with Gasteiger partial charge in [-0.3, -0.25) is 9.59 Å². The molecule has 0 radical (unpaired) electrons. The van der Waals surface area contributed by atoms with Crippen molar-refractivity contribution in [1.29, 1.82) is 0 Å². The third-order valence-electron chi connectivity index (χ3n) is 7.37. The first-order valence-corrected chi connectivity index (χ1v) is 12.8. The lowest BCUT2D eigenvalue weighted by Gasteiger charge is -2.32. The molecule has 0 aliphatic carbocycles. The van der Waals surface area contributed by atoms with Gasteiger partial charge in [-0.25, -0.2) is 13.8 Å². The van der Waals surface area contributed by atoms with Gasteiger partial charge >= 0.3 is 7.12 Å². The Balaban J connectivity index is 1.82. The van der Waals surface area contributed by atoms with Crippen LogP contribution in [0.15, 0.2) is 47.6 Å². The molecule has 0 saturated carbocycles. The van der Waals surface area contributed by atoms with Crippen LogP contribution in [0.25, 0.3) is 0 Å². The molecule has 2 aromatic rings. The molecule has 2 aromatic carbocycles. The number of halogens is 2. The molecule has 39 heavy (non-hydrogen) atoms. The van der Waals surface area contributed by atoms with E-state index in [1.165, 1.54) is 32.2 Å². The third-order valence-corrected chi connectivity index (χ3v) is 7.37. The van der Waals surface area contributed by atoms with E-state index < -0.39 is 36.1 Å². The van der Waals surface area contributed by atoms with Crippen molar-refractivity contribution in [2.24, 2.45) is 11.0 Å². The molecule has 1 fully saturated rings. The molecule has 1 N–H and O–H groups in total. The van der Waals surface area contributed by atoms with Crippen LogP contribution in [-0.2, 0) is 24.8 Å². The Labute approximate surface area is 228 Å². The Morgan fingerprint density at radius 1 is 1.18 bits per heavy atom. The average Bonchev–Trinajstić information content (AvgIpc) is 3.12. The zero-order valence-corrected chi connectivity index (χ0v) is 23.7. The molecule has 0 spiro atoms. The minimum Gasteiger partial charge on any atom is -0.497 e. The zero-order valence-electron chi connectivity index (χ0n) is 23.7. The summed E-state index contributed by atoms with van der Waals surface area (Å²) in [6, 6.07) is 10.6. The van der Waals surface area contributed by atoms with Crippen LogP contribution in [0.4, 0.5) is 20.2 Å². The predicted molar refractivity (Wildman–Crippen MR) is 149 cm³/mol. The van der Waals surface area contributed by atoms with Crippen molar-refractivity contribution in [2.75, 3.05) is 17.4 Å².